The van der Waals surface area contributed by atoms with Gasteiger partial charge in [-0.15, -0.1) is 21.5 Å². The van der Waals surface area contributed by atoms with Gasteiger partial charge in [-0.05, 0) is 47.8 Å². The van der Waals surface area contributed by atoms with Crippen LogP contribution in [0.4, 0.5) is 4.39 Å². The molecule has 2 aromatic heterocycles. The second kappa shape index (κ2) is 8.50. The third-order valence-corrected chi connectivity index (χ3v) is 5.93. The molecule has 7 heteroatoms. The number of carbonyl (C=O) groups excluding carboxylic acids is 1. The Morgan fingerprint density at radius 1 is 1.00 bits per heavy atom. The first kappa shape index (κ1) is 18.6. The Morgan fingerprint density at radius 2 is 1.79 bits per heavy atom. The number of rotatable bonds is 7. The summed E-state index contributed by atoms with van der Waals surface area (Å²) in [6.45, 7) is 0. The summed E-state index contributed by atoms with van der Waals surface area (Å²) in [6, 6.07) is 19.5. The van der Waals surface area contributed by atoms with E-state index in [1.165, 1.54) is 40.9 Å². The predicted molar refractivity (Wildman–Crippen MR) is 110 cm³/mol. The van der Waals surface area contributed by atoms with Crippen LogP contribution < -0.4 is 0 Å². The number of carbonyl (C=O) groups is 1. The Hall–Kier alpha value is -2.77. The van der Waals surface area contributed by atoms with E-state index >= 15 is 0 Å². The van der Waals surface area contributed by atoms with Crippen LogP contribution in [0.1, 0.15) is 21.1 Å². The Labute approximate surface area is 170 Å². The summed E-state index contributed by atoms with van der Waals surface area (Å²) in [4.78, 5) is 13.6. The van der Waals surface area contributed by atoms with Crippen LogP contribution in [0.2, 0.25) is 0 Å². The summed E-state index contributed by atoms with van der Waals surface area (Å²) in [7, 11) is 0. The van der Waals surface area contributed by atoms with Crippen molar-refractivity contribution in [3.05, 3.63) is 94.2 Å². The molecule has 140 valence electrons. The van der Waals surface area contributed by atoms with Gasteiger partial charge in [0.15, 0.2) is 10.9 Å². The topological polar surface area (TPSA) is 47.8 Å². The molecule has 0 atom stereocenters. The summed E-state index contributed by atoms with van der Waals surface area (Å²) in [5.41, 5.74) is 1.44. The molecular weight excluding hydrogens is 393 g/mol. The van der Waals surface area contributed by atoms with Gasteiger partial charge in [-0.1, -0.05) is 36.0 Å². The fourth-order valence-corrected chi connectivity index (χ4v) is 4.33. The lowest BCUT2D eigenvalue weighted by molar-refractivity contribution is 0.102. The van der Waals surface area contributed by atoms with Crippen LogP contribution in [0.3, 0.4) is 0 Å². The van der Waals surface area contributed by atoms with Gasteiger partial charge in [0, 0.05) is 22.5 Å². The molecule has 0 bridgehead atoms. The molecule has 0 spiro atoms. The number of benzene rings is 2. The summed E-state index contributed by atoms with van der Waals surface area (Å²) in [5, 5.41) is 11.4. The van der Waals surface area contributed by atoms with Crippen LogP contribution in [-0.2, 0) is 6.42 Å². The lowest BCUT2D eigenvalue weighted by Crippen LogP contribution is -2.06. The van der Waals surface area contributed by atoms with Crippen molar-refractivity contribution < 1.29 is 9.18 Å². The van der Waals surface area contributed by atoms with Crippen LogP contribution in [0.25, 0.3) is 5.69 Å². The summed E-state index contributed by atoms with van der Waals surface area (Å²) in [5.74, 6) is 0.597. The number of hydrogen-bond donors (Lipinski definition) is 0. The van der Waals surface area contributed by atoms with Crippen LogP contribution >= 0.6 is 23.1 Å². The van der Waals surface area contributed by atoms with Crippen LogP contribution in [0, 0.1) is 5.82 Å². The third-order valence-electron chi connectivity index (χ3n) is 4.13. The quantitative estimate of drug-likeness (QED) is 0.317. The van der Waals surface area contributed by atoms with Crippen molar-refractivity contribution in [1.82, 2.24) is 14.8 Å². The van der Waals surface area contributed by atoms with Crippen LogP contribution in [-0.4, -0.2) is 26.3 Å². The molecule has 0 saturated heterocycles. The molecule has 28 heavy (non-hydrogen) atoms. The number of nitrogens with zero attached hydrogens (tertiary/aromatic N) is 3. The van der Waals surface area contributed by atoms with Gasteiger partial charge in [0.25, 0.3) is 0 Å². The van der Waals surface area contributed by atoms with Crippen LogP contribution in [0.15, 0.2) is 77.3 Å². The molecular formula is C21H16FN3OS2. The first-order valence-electron chi connectivity index (χ1n) is 8.64. The summed E-state index contributed by atoms with van der Waals surface area (Å²) >= 11 is 3.01. The average molecular weight is 410 g/mol. The van der Waals surface area contributed by atoms with E-state index in [1.54, 1.807) is 11.3 Å². The van der Waals surface area contributed by atoms with Gasteiger partial charge in [0.05, 0.1) is 5.75 Å². The SMILES string of the molecule is O=C(CSc1nnc(Cc2cccs2)n1-c1ccccc1)c1ccc(F)cc1. The maximum atomic E-state index is 13.1. The van der Waals surface area contributed by atoms with E-state index in [0.29, 0.717) is 17.1 Å². The lowest BCUT2D eigenvalue weighted by Gasteiger charge is -2.09. The molecule has 2 aromatic carbocycles. The number of ketones is 1. The van der Waals surface area contributed by atoms with Crippen LogP contribution in [0.5, 0.6) is 0 Å². The fourth-order valence-electron chi connectivity index (χ4n) is 2.76. The lowest BCUT2D eigenvalue weighted by atomic mass is 10.1. The number of halogens is 1. The van der Waals surface area contributed by atoms with Crippen molar-refractivity contribution in [2.45, 2.75) is 11.6 Å². The molecule has 2 heterocycles. The van der Waals surface area contributed by atoms with Gasteiger partial charge in [-0.3, -0.25) is 9.36 Å². The molecule has 0 aliphatic heterocycles. The van der Waals surface area contributed by atoms with Gasteiger partial charge in [0.1, 0.15) is 11.6 Å². The third kappa shape index (κ3) is 4.21. The van der Waals surface area contributed by atoms with Gasteiger partial charge in [-0.2, -0.15) is 0 Å². The minimum atomic E-state index is -0.355. The normalized spacial score (nSPS) is 10.9. The second-order valence-corrected chi connectivity index (χ2v) is 8.02. The van der Waals surface area contributed by atoms with Crippen molar-refractivity contribution in [2.24, 2.45) is 0 Å². The average Bonchev–Trinajstić information content (AvgIpc) is 3.37. The number of hydrogen-bond acceptors (Lipinski definition) is 5. The Kier molecular flexibility index (Phi) is 5.64. The molecule has 0 amide bonds. The second-order valence-electron chi connectivity index (χ2n) is 6.04. The zero-order valence-corrected chi connectivity index (χ0v) is 16.4. The molecule has 4 aromatic rings. The highest BCUT2D eigenvalue weighted by Crippen LogP contribution is 2.25. The zero-order chi connectivity index (χ0) is 19.3. The highest BCUT2D eigenvalue weighted by molar-refractivity contribution is 7.99. The van der Waals surface area contributed by atoms with E-state index in [9.17, 15) is 9.18 Å². The van der Waals surface area contributed by atoms with Crippen molar-refractivity contribution in [3.63, 3.8) is 0 Å². The van der Waals surface area contributed by atoms with Crippen molar-refractivity contribution >= 4 is 28.9 Å². The largest absolute Gasteiger partial charge is 0.293 e. The number of para-hydroxylation sites is 1. The first-order valence-corrected chi connectivity index (χ1v) is 10.5. The smallest absolute Gasteiger partial charge is 0.196 e. The van der Waals surface area contributed by atoms with E-state index < -0.39 is 0 Å². The standard InChI is InChI=1S/C21H16FN3OS2/c22-16-10-8-15(9-11-16)19(26)14-28-21-24-23-20(13-18-7-4-12-27-18)25(21)17-5-2-1-3-6-17/h1-12H,13-14H2. The van der Waals surface area contributed by atoms with E-state index in [0.717, 1.165) is 11.5 Å². The maximum absolute atomic E-state index is 13.1. The van der Waals surface area contributed by atoms with Crippen molar-refractivity contribution in [3.8, 4) is 5.69 Å². The number of Topliss-reactive ketones (excluding diaryl/α,β-unsaturated/α-hetero) is 1. The molecule has 0 saturated carbocycles. The summed E-state index contributed by atoms with van der Waals surface area (Å²) < 4.78 is 15.1. The van der Waals surface area contributed by atoms with E-state index in [1.807, 2.05) is 46.3 Å². The van der Waals surface area contributed by atoms with E-state index in [2.05, 4.69) is 16.3 Å². The molecule has 0 N–H and O–H groups in total. The number of aromatic nitrogens is 3. The molecule has 4 rings (SSSR count). The Morgan fingerprint density at radius 3 is 2.50 bits per heavy atom. The Bertz CT molecular complexity index is 1060. The van der Waals surface area contributed by atoms with Gasteiger partial charge in [-0.25, -0.2) is 4.39 Å². The number of thiophene rings is 1. The molecule has 0 radical (unpaired) electrons. The maximum Gasteiger partial charge on any atom is 0.196 e. The number of thioether (sulfide) groups is 1. The zero-order valence-electron chi connectivity index (χ0n) is 14.8. The highest BCUT2D eigenvalue weighted by Gasteiger charge is 2.17. The minimum Gasteiger partial charge on any atom is -0.293 e. The molecule has 0 aliphatic rings. The first-order chi connectivity index (χ1) is 13.7. The fraction of sp³-hybridized carbons (Fsp3) is 0.0952. The highest BCUT2D eigenvalue weighted by atomic mass is 32.2. The minimum absolute atomic E-state index is 0.0765. The summed E-state index contributed by atoms with van der Waals surface area (Å²) in [6.07, 6.45) is 0.673. The molecule has 0 unspecified atom stereocenters. The molecule has 0 aliphatic carbocycles. The van der Waals surface area contributed by atoms with Crippen molar-refractivity contribution in [1.29, 1.82) is 0 Å². The monoisotopic (exact) mass is 409 g/mol. The Balaban J connectivity index is 1.58. The van der Waals surface area contributed by atoms with Crippen molar-refractivity contribution in [2.75, 3.05) is 5.75 Å². The van der Waals surface area contributed by atoms with Gasteiger partial charge in [0.2, 0.25) is 0 Å². The molecule has 0 fully saturated rings. The van der Waals surface area contributed by atoms with E-state index in [4.69, 9.17) is 0 Å². The van der Waals surface area contributed by atoms with Gasteiger partial charge >= 0.3 is 0 Å². The van der Waals surface area contributed by atoms with Gasteiger partial charge < -0.3 is 0 Å². The predicted octanol–water partition coefficient (Wildman–Crippen LogP) is 5.03. The van der Waals surface area contributed by atoms with E-state index in [-0.39, 0.29) is 17.4 Å². The molecule has 4 nitrogen and oxygen atoms in total.